The first-order chi connectivity index (χ1) is 8.47. The Labute approximate surface area is 117 Å². The molecule has 0 aromatic heterocycles. The Hall–Kier alpha value is -0.490. The first-order valence-electron chi connectivity index (χ1n) is 6.52. The number of nitrogens with one attached hydrogen (secondary N) is 1. The van der Waals surface area contributed by atoms with Gasteiger partial charge in [-0.25, -0.2) is 0 Å². The second-order valence-electron chi connectivity index (χ2n) is 5.29. The molecule has 0 aromatic rings. The van der Waals surface area contributed by atoms with Gasteiger partial charge in [0.2, 0.25) is 5.91 Å². The van der Waals surface area contributed by atoms with E-state index in [4.69, 9.17) is 0 Å². The Morgan fingerprint density at radius 3 is 2.53 bits per heavy atom. The molecule has 1 saturated heterocycles. The normalized spacial score (nSPS) is 23.9. The average molecular weight is 301 g/mol. The van der Waals surface area contributed by atoms with Crippen molar-refractivity contribution in [1.29, 1.82) is 0 Å². The van der Waals surface area contributed by atoms with Crippen LogP contribution in [0.4, 0.5) is 13.2 Å². The van der Waals surface area contributed by atoms with Crippen molar-refractivity contribution in [2.45, 2.75) is 31.9 Å². The zero-order chi connectivity index (χ0) is 13.2. The van der Waals surface area contributed by atoms with E-state index in [9.17, 15) is 18.0 Å². The number of hydrogen-bond donors (Lipinski definition) is 1. The number of halogens is 4. The molecule has 1 heterocycles. The SMILES string of the molecule is Cl.O=C(CNCC1CC1)N1CCCC(C(F)(F)F)C1. The van der Waals surface area contributed by atoms with E-state index in [0.717, 1.165) is 6.54 Å². The van der Waals surface area contributed by atoms with E-state index in [-0.39, 0.29) is 37.8 Å². The standard InChI is InChI=1S/C12H19F3N2O.ClH/c13-12(14,15)10-2-1-5-17(8-10)11(18)7-16-6-9-3-4-9;/h9-10,16H,1-8H2;1H. The van der Waals surface area contributed by atoms with Crippen molar-refractivity contribution in [3.63, 3.8) is 0 Å². The van der Waals surface area contributed by atoms with E-state index in [2.05, 4.69) is 5.32 Å². The molecule has 0 radical (unpaired) electrons. The number of nitrogens with zero attached hydrogens (tertiary/aromatic N) is 1. The average Bonchev–Trinajstić information content (AvgIpc) is 3.12. The molecule has 1 saturated carbocycles. The summed E-state index contributed by atoms with van der Waals surface area (Å²) < 4.78 is 37.8. The van der Waals surface area contributed by atoms with E-state index < -0.39 is 12.1 Å². The summed E-state index contributed by atoms with van der Waals surface area (Å²) in [5, 5.41) is 3.03. The van der Waals surface area contributed by atoms with Crippen LogP contribution in [0, 0.1) is 11.8 Å². The minimum Gasteiger partial charge on any atom is -0.341 e. The third-order valence-electron chi connectivity index (χ3n) is 3.64. The summed E-state index contributed by atoms with van der Waals surface area (Å²) in [5.74, 6) is -0.884. The molecular formula is C12H20ClF3N2O. The minimum absolute atomic E-state index is 0. The lowest BCUT2D eigenvalue weighted by Crippen LogP contribution is -2.47. The molecule has 19 heavy (non-hydrogen) atoms. The summed E-state index contributed by atoms with van der Waals surface area (Å²) in [6.07, 6.45) is -1.20. The number of alkyl halides is 3. The summed E-state index contributed by atoms with van der Waals surface area (Å²) in [6, 6.07) is 0. The van der Waals surface area contributed by atoms with Crippen molar-refractivity contribution in [3.8, 4) is 0 Å². The van der Waals surface area contributed by atoms with Gasteiger partial charge in [0, 0.05) is 13.1 Å². The van der Waals surface area contributed by atoms with Crippen molar-refractivity contribution < 1.29 is 18.0 Å². The van der Waals surface area contributed by atoms with Crippen molar-refractivity contribution in [2.24, 2.45) is 11.8 Å². The lowest BCUT2D eigenvalue weighted by molar-refractivity contribution is -0.187. The Bertz CT molecular complexity index is 308. The van der Waals surface area contributed by atoms with E-state index in [1.54, 1.807) is 0 Å². The first-order valence-corrected chi connectivity index (χ1v) is 6.52. The molecule has 1 aliphatic heterocycles. The minimum atomic E-state index is -4.18. The van der Waals surface area contributed by atoms with Gasteiger partial charge in [0.1, 0.15) is 0 Å². The van der Waals surface area contributed by atoms with E-state index in [0.29, 0.717) is 18.9 Å². The van der Waals surface area contributed by atoms with Crippen LogP contribution < -0.4 is 5.32 Å². The van der Waals surface area contributed by atoms with Gasteiger partial charge in [-0.2, -0.15) is 13.2 Å². The number of piperidine rings is 1. The molecule has 7 heteroatoms. The van der Waals surface area contributed by atoms with E-state index >= 15 is 0 Å². The number of amides is 1. The van der Waals surface area contributed by atoms with Crippen LogP contribution in [-0.2, 0) is 4.79 Å². The summed E-state index contributed by atoms with van der Waals surface area (Å²) in [6.45, 7) is 1.26. The van der Waals surface area contributed by atoms with Gasteiger partial charge in [-0.05, 0) is 38.1 Å². The lowest BCUT2D eigenvalue weighted by atomic mass is 9.97. The highest BCUT2D eigenvalue weighted by Gasteiger charge is 2.42. The third kappa shape index (κ3) is 5.18. The van der Waals surface area contributed by atoms with Gasteiger partial charge in [0.15, 0.2) is 0 Å². The van der Waals surface area contributed by atoms with Crippen molar-refractivity contribution >= 4 is 18.3 Å². The molecule has 0 aromatic carbocycles. The maximum absolute atomic E-state index is 12.6. The van der Waals surface area contributed by atoms with Crippen LogP contribution in [-0.4, -0.2) is 43.2 Å². The summed E-state index contributed by atoms with van der Waals surface area (Å²) in [4.78, 5) is 13.1. The fraction of sp³-hybridized carbons (Fsp3) is 0.917. The third-order valence-corrected chi connectivity index (χ3v) is 3.64. The molecule has 2 aliphatic rings. The zero-order valence-electron chi connectivity index (χ0n) is 10.7. The van der Waals surface area contributed by atoms with Crippen LogP contribution in [0.2, 0.25) is 0 Å². The quantitative estimate of drug-likeness (QED) is 0.863. The predicted molar refractivity (Wildman–Crippen MR) is 68.2 cm³/mol. The maximum atomic E-state index is 12.6. The first kappa shape index (κ1) is 16.6. The molecule has 3 nitrogen and oxygen atoms in total. The van der Waals surface area contributed by atoms with Gasteiger partial charge < -0.3 is 10.2 Å². The van der Waals surface area contributed by atoms with Crippen LogP contribution in [0.15, 0.2) is 0 Å². The van der Waals surface area contributed by atoms with Gasteiger partial charge in [-0.1, -0.05) is 0 Å². The molecule has 2 fully saturated rings. The van der Waals surface area contributed by atoms with Crippen LogP contribution in [0.1, 0.15) is 25.7 Å². The molecule has 1 N–H and O–H groups in total. The number of rotatable bonds is 4. The smallest absolute Gasteiger partial charge is 0.341 e. The van der Waals surface area contributed by atoms with E-state index in [1.165, 1.54) is 17.7 Å². The molecular weight excluding hydrogens is 281 g/mol. The Morgan fingerprint density at radius 1 is 1.26 bits per heavy atom. The summed E-state index contributed by atoms with van der Waals surface area (Å²) >= 11 is 0. The zero-order valence-corrected chi connectivity index (χ0v) is 11.5. The number of carbonyl (C=O) groups excluding carboxylic acids is 1. The molecule has 1 amide bonds. The summed E-state index contributed by atoms with van der Waals surface area (Å²) in [7, 11) is 0. The second kappa shape index (κ2) is 6.79. The van der Waals surface area contributed by atoms with Crippen molar-refractivity contribution in [3.05, 3.63) is 0 Å². The van der Waals surface area contributed by atoms with Gasteiger partial charge in [0.05, 0.1) is 12.5 Å². The van der Waals surface area contributed by atoms with Gasteiger partial charge in [-0.15, -0.1) is 12.4 Å². The highest BCUT2D eigenvalue weighted by atomic mass is 35.5. The second-order valence-corrected chi connectivity index (χ2v) is 5.29. The van der Waals surface area contributed by atoms with Crippen LogP contribution in [0.25, 0.3) is 0 Å². The van der Waals surface area contributed by atoms with Crippen LogP contribution >= 0.6 is 12.4 Å². The molecule has 0 spiro atoms. The predicted octanol–water partition coefficient (Wildman–Crippen LogP) is 2.21. The molecule has 1 aliphatic carbocycles. The fourth-order valence-electron chi connectivity index (χ4n) is 2.29. The monoisotopic (exact) mass is 300 g/mol. The fourth-order valence-corrected chi connectivity index (χ4v) is 2.29. The molecule has 1 atom stereocenters. The van der Waals surface area contributed by atoms with Gasteiger partial charge in [0.25, 0.3) is 0 Å². The highest BCUT2D eigenvalue weighted by molar-refractivity contribution is 5.85. The maximum Gasteiger partial charge on any atom is 0.393 e. The Balaban J connectivity index is 0.00000180. The molecule has 0 bridgehead atoms. The largest absolute Gasteiger partial charge is 0.393 e. The van der Waals surface area contributed by atoms with Crippen molar-refractivity contribution in [1.82, 2.24) is 10.2 Å². The van der Waals surface area contributed by atoms with Crippen molar-refractivity contribution in [2.75, 3.05) is 26.2 Å². The number of likely N-dealkylation sites (tertiary alicyclic amines) is 1. The number of hydrogen-bond acceptors (Lipinski definition) is 2. The van der Waals surface area contributed by atoms with Gasteiger partial charge >= 0.3 is 6.18 Å². The van der Waals surface area contributed by atoms with E-state index in [1.807, 2.05) is 0 Å². The molecule has 2 rings (SSSR count). The molecule has 112 valence electrons. The van der Waals surface area contributed by atoms with Crippen LogP contribution in [0.5, 0.6) is 0 Å². The highest BCUT2D eigenvalue weighted by Crippen LogP contribution is 2.33. The molecule has 1 unspecified atom stereocenters. The van der Waals surface area contributed by atoms with Crippen LogP contribution in [0.3, 0.4) is 0 Å². The Kier molecular flexibility index (Phi) is 5.92. The topological polar surface area (TPSA) is 32.3 Å². The number of carbonyl (C=O) groups is 1. The summed E-state index contributed by atoms with van der Waals surface area (Å²) in [5.41, 5.74) is 0. The van der Waals surface area contributed by atoms with Gasteiger partial charge in [-0.3, -0.25) is 4.79 Å². The Morgan fingerprint density at radius 2 is 1.95 bits per heavy atom. The lowest BCUT2D eigenvalue weighted by Gasteiger charge is -2.33.